The van der Waals surface area contributed by atoms with Crippen molar-refractivity contribution in [3.63, 3.8) is 0 Å². The molecule has 0 amide bonds. The minimum atomic E-state index is -0.770. The number of allylic oxidation sites excluding steroid dienone is 12. The molecule has 0 aliphatic rings. The fourth-order valence-corrected chi connectivity index (χ4v) is 8.44. The number of ether oxygens (including phenoxy) is 2. The maximum absolute atomic E-state index is 12.3. The number of hydrogen-bond acceptors (Lipinski definition) is 5. The molecule has 1 atom stereocenters. The summed E-state index contributed by atoms with van der Waals surface area (Å²) in [6.07, 6.45) is 78.9. The molecule has 5 nitrogen and oxygen atoms in total. The monoisotopic (exact) mass is 935 g/mol. The van der Waals surface area contributed by atoms with E-state index in [4.69, 9.17) is 9.47 Å². The lowest BCUT2D eigenvalue weighted by Crippen LogP contribution is -2.28. The fourth-order valence-electron chi connectivity index (χ4n) is 8.44. The lowest BCUT2D eigenvalue weighted by molar-refractivity contribution is -0.161. The van der Waals surface area contributed by atoms with Crippen LogP contribution < -0.4 is 0 Å². The highest BCUT2D eigenvalue weighted by Crippen LogP contribution is 2.17. The van der Waals surface area contributed by atoms with Crippen molar-refractivity contribution in [3.8, 4) is 0 Å². The van der Waals surface area contributed by atoms with Crippen LogP contribution in [0.1, 0.15) is 290 Å². The molecule has 0 aliphatic carbocycles. The molecule has 0 heterocycles. The summed E-state index contributed by atoms with van der Waals surface area (Å²) in [5, 5.41) is 9.64. The second-order valence-electron chi connectivity index (χ2n) is 19.3. The first-order valence-corrected chi connectivity index (χ1v) is 29.0. The first kappa shape index (κ1) is 64.3. The molecule has 0 rings (SSSR count). The van der Waals surface area contributed by atoms with Gasteiger partial charge >= 0.3 is 11.9 Å². The fraction of sp³-hybridized carbons (Fsp3) is 0.774. The van der Waals surface area contributed by atoms with Gasteiger partial charge in [0.2, 0.25) is 0 Å². The molecule has 0 radical (unpaired) electrons. The van der Waals surface area contributed by atoms with Crippen molar-refractivity contribution in [2.24, 2.45) is 0 Å². The van der Waals surface area contributed by atoms with Crippen molar-refractivity contribution < 1.29 is 24.2 Å². The molecule has 0 saturated heterocycles. The third-order valence-electron chi connectivity index (χ3n) is 12.8. The topological polar surface area (TPSA) is 72.8 Å². The number of carbonyl (C=O) groups is 2. The van der Waals surface area contributed by atoms with Gasteiger partial charge in [0.25, 0.3) is 0 Å². The summed E-state index contributed by atoms with van der Waals surface area (Å²) in [4.78, 5) is 24.5. The first-order chi connectivity index (χ1) is 33.1. The lowest BCUT2D eigenvalue weighted by Gasteiger charge is -2.15. The summed E-state index contributed by atoms with van der Waals surface area (Å²) in [7, 11) is 0. The second kappa shape index (κ2) is 57.7. The number of rotatable bonds is 53. The van der Waals surface area contributed by atoms with E-state index in [1.165, 1.54) is 186 Å². The summed E-state index contributed by atoms with van der Waals surface area (Å²) in [5.41, 5.74) is 0. The minimum absolute atomic E-state index is 0.0618. The van der Waals surface area contributed by atoms with Gasteiger partial charge in [-0.25, -0.2) is 0 Å². The molecule has 0 bridgehead atoms. The summed E-state index contributed by atoms with van der Waals surface area (Å²) in [6, 6.07) is 0. The van der Waals surface area contributed by atoms with Gasteiger partial charge in [0.15, 0.2) is 6.10 Å². The molecule has 67 heavy (non-hydrogen) atoms. The predicted octanol–water partition coefficient (Wildman–Crippen LogP) is 19.6. The predicted molar refractivity (Wildman–Crippen MR) is 293 cm³/mol. The van der Waals surface area contributed by atoms with Gasteiger partial charge < -0.3 is 14.6 Å². The summed E-state index contributed by atoms with van der Waals surface area (Å²) < 4.78 is 10.7. The van der Waals surface area contributed by atoms with Crippen LogP contribution in [0.4, 0.5) is 0 Å². The van der Waals surface area contributed by atoms with Crippen molar-refractivity contribution in [1.29, 1.82) is 0 Å². The Hall–Kier alpha value is -2.66. The quantitative estimate of drug-likeness (QED) is 0.0374. The molecule has 0 aromatic carbocycles. The second-order valence-corrected chi connectivity index (χ2v) is 19.3. The van der Waals surface area contributed by atoms with Crippen molar-refractivity contribution in [1.82, 2.24) is 0 Å². The molecule has 0 spiro atoms. The molecular formula is C62H110O5. The smallest absolute Gasteiger partial charge is 0.306 e. The van der Waals surface area contributed by atoms with Gasteiger partial charge in [0.1, 0.15) is 6.61 Å². The number of carbonyl (C=O) groups excluding carboxylic acids is 2. The summed E-state index contributed by atoms with van der Waals surface area (Å²) >= 11 is 0. The van der Waals surface area contributed by atoms with Crippen LogP contribution >= 0.6 is 0 Å². The van der Waals surface area contributed by atoms with Crippen molar-refractivity contribution >= 4 is 11.9 Å². The number of esters is 2. The Labute approximate surface area is 416 Å². The standard InChI is InChI=1S/C62H110O5/c1-3-5-7-9-11-13-15-17-19-21-22-23-24-25-26-27-28-29-30-31-32-33-34-35-36-37-38-39-40-41-43-45-47-49-51-53-55-57-62(65)67-60(58-63)59-66-61(64)56-54-52-50-48-46-44-42-20-18-16-14-12-10-8-6-4-2/h5,7,11,13,17,19,22-23,25-26,28-29,60,63H,3-4,6,8-10,12,14-16,18,20-21,24,27,30-59H2,1-2H3/b7-5-,13-11-,19-17-,23-22-,26-25-,29-28-. The first-order valence-electron chi connectivity index (χ1n) is 29.0. The minimum Gasteiger partial charge on any atom is -0.462 e. The van der Waals surface area contributed by atoms with Gasteiger partial charge in [-0.2, -0.15) is 0 Å². The molecule has 0 aliphatic heterocycles. The average Bonchev–Trinajstić information content (AvgIpc) is 3.33. The van der Waals surface area contributed by atoms with Crippen LogP contribution in [0, 0.1) is 0 Å². The zero-order valence-electron chi connectivity index (χ0n) is 44.4. The Kier molecular flexibility index (Phi) is 55.4. The van der Waals surface area contributed by atoms with E-state index in [-0.39, 0.29) is 25.2 Å². The van der Waals surface area contributed by atoms with Crippen LogP contribution in [-0.4, -0.2) is 36.4 Å². The maximum Gasteiger partial charge on any atom is 0.306 e. The third kappa shape index (κ3) is 55.8. The van der Waals surface area contributed by atoms with E-state index in [9.17, 15) is 14.7 Å². The largest absolute Gasteiger partial charge is 0.462 e. The molecule has 0 aromatic rings. The van der Waals surface area contributed by atoms with Gasteiger partial charge in [-0.05, 0) is 64.2 Å². The molecule has 5 heteroatoms. The molecule has 0 saturated carbocycles. The van der Waals surface area contributed by atoms with Gasteiger partial charge in [-0.3, -0.25) is 9.59 Å². The van der Waals surface area contributed by atoms with Gasteiger partial charge in [0, 0.05) is 12.8 Å². The summed E-state index contributed by atoms with van der Waals surface area (Å²) in [5.74, 6) is -0.576. The zero-order chi connectivity index (χ0) is 48.5. The summed E-state index contributed by atoms with van der Waals surface area (Å²) in [6.45, 7) is 4.06. The van der Waals surface area contributed by atoms with Crippen LogP contribution in [0.15, 0.2) is 72.9 Å². The van der Waals surface area contributed by atoms with E-state index in [1.54, 1.807) is 0 Å². The van der Waals surface area contributed by atoms with Crippen LogP contribution in [0.25, 0.3) is 0 Å². The van der Waals surface area contributed by atoms with Crippen molar-refractivity contribution in [3.05, 3.63) is 72.9 Å². The molecular weight excluding hydrogens is 825 g/mol. The Bertz CT molecular complexity index is 1190. The Balaban J connectivity index is 3.44. The third-order valence-corrected chi connectivity index (χ3v) is 12.8. The number of hydrogen-bond donors (Lipinski definition) is 1. The van der Waals surface area contributed by atoms with E-state index in [1.807, 2.05) is 0 Å². The van der Waals surface area contributed by atoms with Crippen LogP contribution in [0.2, 0.25) is 0 Å². The maximum atomic E-state index is 12.3. The molecule has 1 unspecified atom stereocenters. The highest BCUT2D eigenvalue weighted by atomic mass is 16.6. The van der Waals surface area contributed by atoms with Crippen molar-refractivity contribution in [2.45, 2.75) is 296 Å². The van der Waals surface area contributed by atoms with Gasteiger partial charge in [0.05, 0.1) is 6.61 Å². The highest BCUT2D eigenvalue weighted by molar-refractivity contribution is 5.70. The normalized spacial score (nSPS) is 12.7. The Morgan fingerprint density at radius 2 is 0.642 bits per heavy atom. The Morgan fingerprint density at radius 1 is 0.358 bits per heavy atom. The van der Waals surface area contributed by atoms with E-state index < -0.39 is 6.10 Å². The Morgan fingerprint density at radius 3 is 0.970 bits per heavy atom. The van der Waals surface area contributed by atoms with Crippen LogP contribution in [-0.2, 0) is 19.1 Å². The van der Waals surface area contributed by atoms with Crippen molar-refractivity contribution in [2.75, 3.05) is 13.2 Å². The van der Waals surface area contributed by atoms with Gasteiger partial charge in [-0.1, -0.05) is 286 Å². The molecule has 388 valence electrons. The van der Waals surface area contributed by atoms with E-state index in [0.29, 0.717) is 12.8 Å². The van der Waals surface area contributed by atoms with Crippen LogP contribution in [0.5, 0.6) is 0 Å². The molecule has 1 N–H and O–H groups in total. The number of unbranched alkanes of at least 4 members (excludes halogenated alkanes) is 33. The van der Waals surface area contributed by atoms with E-state index >= 15 is 0 Å². The zero-order valence-corrected chi connectivity index (χ0v) is 44.4. The van der Waals surface area contributed by atoms with E-state index in [2.05, 4.69) is 86.8 Å². The molecule has 0 aromatic heterocycles. The SMILES string of the molecule is CC/C=C\C/C=C\C/C=C\C/C=C\C/C=C\C/C=C\CCCCCCCCCCCCCCCCCCCCC(=O)OC(CO)COC(=O)CCCCCCCCCCCCCCCCCC. The number of aliphatic hydroxyl groups excluding tert-OH is 1. The average molecular weight is 936 g/mol. The van der Waals surface area contributed by atoms with E-state index in [0.717, 1.165) is 77.0 Å². The van der Waals surface area contributed by atoms with Crippen LogP contribution in [0.3, 0.4) is 0 Å². The van der Waals surface area contributed by atoms with Gasteiger partial charge in [-0.15, -0.1) is 0 Å². The lowest BCUT2D eigenvalue weighted by atomic mass is 10.0. The highest BCUT2D eigenvalue weighted by Gasteiger charge is 2.16. The number of aliphatic hydroxyl groups is 1. The molecule has 0 fully saturated rings.